The van der Waals surface area contributed by atoms with Crippen LogP contribution in [0.15, 0.2) is 15.9 Å². The smallest absolute Gasteiger partial charge is 0.0701 e. The van der Waals surface area contributed by atoms with E-state index in [0.29, 0.717) is 24.2 Å². The molecule has 0 saturated carbocycles. The van der Waals surface area contributed by atoms with Crippen molar-refractivity contribution in [3.05, 3.63) is 20.8 Å². The van der Waals surface area contributed by atoms with Gasteiger partial charge in [-0.3, -0.25) is 0 Å². The van der Waals surface area contributed by atoms with Crippen LogP contribution in [-0.2, 0) is 11.2 Å². The minimum Gasteiger partial charge on any atom is -0.375 e. The van der Waals surface area contributed by atoms with Crippen molar-refractivity contribution in [1.82, 2.24) is 5.32 Å². The Morgan fingerprint density at radius 1 is 1.47 bits per heavy atom. The molecule has 1 aromatic heterocycles. The lowest BCUT2D eigenvalue weighted by Gasteiger charge is -2.29. The van der Waals surface area contributed by atoms with Gasteiger partial charge in [0.05, 0.1) is 16.0 Å². The van der Waals surface area contributed by atoms with Gasteiger partial charge in [-0.1, -0.05) is 6.92 Å². The van der Waals surface area contributed by atoms with Crippen LogP contribution in [0.2, 0.25) is 0 Å². The summed E-state index contributed by atoms with van der Waals surface area (Å²) in [4.78, 5) is 1.48. The fourth-order valence-corrected chi connectivity index (χ4v) is 5.02. The maximum atomic E-state index is 6.04. The number of hydrogen-bond acceptors (Lipinski definition) is 3. The van der Waals surface area contributed by atoms with Gasteiger partial charge in [-0.15, -0.1) is 11.3 Å². The largest absolute Gasteiger partial charge is 0.375 e. The van der Waals surface area contributed by atoms with E-state index in [1.54, 1.807) is 0 Å². The first-order chi connectivity index (χ1) is 9.26. The molecule has 2 saturated heterocycles. The quantitative estimate of drug-likeness (QED) is 0.843. The summed E-state index contributed by atoms with van der Waals surface area (Å²) >= 11 is 5.43. The van der Waals surface area contributed by atoms with E-state index in [0.717, 1.165) is 13.0 Å². The summed E-state index contributed by atoms with van der Waals surface area (Å²) in [6, 6.07) is 5.00. The Kier molecular flexibility index (Phi) is 4.62. The molecular formula is C15H22BrNOS. The molecule has 0 radical (unpaired) electrons. The van der Waals surface area contributed by atoms with Crippen LogP contribution in [0.25, 0.3) is 0 Å². The third-order valence-electron chi connectivity index (χ3n) is 4.38. The highest BCUT2D eigenvalue weighted by Gasteiger charge is 2.44. The van der Waals surface area contributed by atoms with Crippen LogP contribution in [0.4, 0.5) is 0 Å². The zero-order valence-electron chi connectivity index (χ0n) is 11.4. The van der Waals surface area contributed by atoms with Gasteiger partial charge in [0, 0.05) is 16.8 Å². The summed E-state index contributed by atoms with van der Waals surface area (Å²) in [6.07, 6.45) is 7.23. The number of halogens is 1. The first-order valence-corrected chi connectivity index (χ1v) is 9.00. The Morgan fingerprint density at radius 2 is 2.37 bits per heavy atom. The molecule has 4 heteroatoms. The Balaban J connectivity index is 1.66. The van der Waals surface area contributed by atoms with Crippen LogP contribution in [0.1, 0.15) is 37.5 Å². The Bertz CT molecular complexity index is 422. The SMILES string of the molecule is CCCNC(Cc1ccc(Br)s1)C1CC2CCC1O2. The molecule has 0 spiro atoms. The molecule has 106 valence electrons. The zero-order valence-corrected chi connectivity index (χ0v) is 13.8. The number of fused-ring (bicyclic) bond motifs is 2. The lowest BCUT2D eigenvalue weighted by Crippen LogP contribution is -2.42. The van der Waals surface area contributed by atoms with Crippen molar-refractivity contribution in [1.29, 1.82) is 0 Å². The molecule has 4 atom stereocenters. The highest BCUT2D eigenvalue weighted by Crippen LogP contribution is 2.41. The molecule has 0 aliphatic carbocycles. The van der Waals surface area contributed by atoms with Crippen molar-refractivity contribution in [2.45, 2.75) is 57.3 Å². The fraction of sp³-hybridized carbons (Fsp3) is 0.733. The number of ether oxygens (including phenoxy) is 1. The zero-order chi connectivity index (χ0) is 13.2. The topological polar surface area (TPSA) is 21.3 Å². The van der Waals surface area contributed by atoms with E-state index in [4.69, 9.17) is 4.74 Å². The van der Waals surface area contributed by atoms with Gasteiger partial charge in [-0.25, -0.2) is 0 Å². The van der Waals surface area contributed by atoms with Gasteiger partial charge in [0.2, 0.25) is 0 Å². The second-order valence-corrected chi connectivity index (χ2v) is 8.29. The molecule has 4 unspecified atom stereocenters. The predicted molar refractivity (Wildman–Crippen MR) is 83.8 cm³/mol. The van der Waals surface area contributed by atoms with Crippen LogP contribution >= 0.6 is 27.3 Å². The molecule has 2 aliphatic heterocycles. The average Bonchev–Trinajstić information content (AvgIpc) is 3.10. The van der Waals surface area contributed by atoms with Crippen molar-refractivity contribution in [3.8, 4) is 0 Å². The summed E-state index contributed by atoms with van der Waals surface area (Å²) in [7, 11) is 0. The van der Waals surface area contributed by atoms with Crippen molar-refractivity contribution in [2.24, 2.45) is 5.92 Å². The fourth-order valence-electron chi connectivity index (χ4n) is 3.48. The van der Waals surface area contributed by atoms with Crippen LogP contribution in [0.3, 0.4) is 0 Å². The van der Waals surface area contributed by atoms with Gasteiger partial charge in [-0.05, 0) is 66.7 Å². The monoisotopic (exact) mass is 343 g/mol. The highest BCUT2D eigenvalue weighted by molar-refractivity contribution is 9.11. The Morgan fingerprint density at radius 3 is 2.95 bits per heavy atom. The van der Waals surface area contributed by atoms with E-state index < -0.39 is 0 Å². The first-order valence-electron chi connectivity index (χ1n) is 7.39. The second kappa shape index (κ2) is 6.25. The van der Waals surface area contributed by atoms with E-state index in [1.807, 2.05) is 11.3 Å². The first kappa shape index (κ1) is 14.1. The standard InChI is InChI=1S/C15H22BrNOS/c1-2-7-17-13(9-11-4-6-15(16)19-11)12-8-10-3-5-14(12)18-10/h4,6,10,12-14,17H,2-3,5,7-9H2,1H3. The maximum absolute atomic E-state index is 6.04. The summed E-state index contributed by atoms with van der Waals surface area (Å²) in [5, 5.41) is 3.77. The molecule has 2 fully saturated rings. The normalized spacial score (nSPS) is 30.9. The minimum atomic E-state index is 0.516. The third-order valence-corrected chi connectivity index (χ3v) is 6.02. The summed E-state index contributed by atoms with van der Waals surface area (Å²) < 4.78 is 7.28. The number of nitrogens with one attached hydrogen (secondary N) is 1. The average molecular weight is 344 g/mol. The molecular weight excluding hydrogens is 322 g/mol. The lowest BCUT2D eigenvalue weighted by molar-refractivity contribution is 0.0858. The lowest BCUT2D eigenvalue weighted by atomic mass is 9.82. The Hall–Kier alpha value is 0.1000. The van der Waals surface area contributed by atoms with Crippen LogP contribution in [0, 0.1) is 5.92 Å². The molecule has 2 aliphatic rings. The van der Waals surface area contributed by atoms with Crippen LogP contribution in [-0.4, -0.2) is 24.8 Å². The summed E-state index contributed by atoms with van der Waals surface area (Å²) in [6.45, 7) is 3.36. The molecule has 0 amide bonds. The predicted octanol–water partition coefficient (Wildman–Crippen LogP) is 3.99. The molecule has 1 aromatic rings. The van der Waals surface area contributed by atoms with Crippen molar-refractivity contribution in [3.63, 3.8) is 0 Å². The summed E-state index contributed by atoms with van der Waals surface area (Å²) in [5.41, 5.74) is 0. The molecule has 2 bridgehead atoms. The Labute approximate surface area is 128 Å². The van der Waals surface area contributed by atoms with Crippen molar-refractivity contribution < 1.29 is 4.74 Å². The number of thiophene rings is 1. The maximum Gasteiger partial charge on any atom is 0.0701 e. The van der Waals surface area contributed by atoms with Crippen molar-refractivity contribution in [2.75, 3.05) is 6.54 Å². The molecule has 2 nitrogen and oxygen atoms in total. The van der Waals surface area contributed by atoms with Crippen LogP contribution < -0.4 is 5.32 Å². The van der Waals surface area contributed by atoms with Crippen molar-refractivity contribution >= 4 is 27.3 Å². The number of rotatable bonds is 6. The molecule has 19 heavy (non-hydrogen) atoms. The third kappa shape index (κ3) is 3.23. The van der Waals surface area contributed by atoms with Crippen LogP contribution in [0.5, 0.6) is 0 Å². The van der Waals surface area contributed by atoms with Gasteiger partial charge in [0.1, 0.15) is 0 Å². The van der Waals surface area contributed by atoms with E-state index in [-0.39, 0.29) is 0 Å². The summed E-state index contributed by atoms with van der Waals surface area (Å²) in [5.74, 6) is 0.714. The molecule has 3 rings (SSSR count). The highest BCUT2D eigenvalue weighted by atomic mass is 79.9. The second-order valence-electron chi connectivity index (χ2n) is 5.74. The van der Waals surface area contributed by atoms with E-state index >= 15 is 0 Å². The van der Waals surface area contributed by atoms with Gasteiger partial charge < -0.3 is 10.1 Å². The van der Waals surface area contributed by atoms with Gasteiger partial charge in [0.15, 0.2) is 0 Å². The number of hydrogen-bond donors (Lipinski definition) is 1. The van der Waals surface area contributed by atoms with E-state index in [1.165, 1.54) is 34.3 Å². The van der Waals surface area contributed by atoms with E-state index in [2.05, 4.69) is 40.3 Å². The molecule has 1 N–H and O–H groups in total. The van der Waals surface area contributed by atoms with Gasteiger partial charge in [0.25, 0.3) is 0 Å². The molecule has 3 heterocycles. The van der Waals surface area contributed by atoms with E-state index in [9.17, 15) is 0 Å². The van der Waals surface area contributed by atoms with Gasteiger partial charge >= 0.3 is 0 Å². The minimum absolute atomic E-state index is 0.516. The van der Waals surface area contributed by atoms with Gasteiger partial charge in [-0.2, -0.15) is 0 Å². The molecule has 0 aromatic carbocycles.